The number of nitrogens with two attached hydrogens (primary N) is 1. The van der Waals surface area contributed by atoms with E-state index in [0.717, 1.165) is 6.07 Å². The average molecular weight is 236 g/mol. The van der Waals surface area contributed by atoms with Gasteiger partial charge in [0.15, 0.2) is 0 Å². The van der Waals surface area contributed by atoms with Crippen molar-refractivity contribution in [3.05, 3.63) is 59.7 Å². The summed E-state index contributed by atoms with van der Waals surface area (Å²) in [5, 5.41) is 0. The molecule has 3 N–H and O–H groups in total. The molecule has 0 spiro atoms. The molecule has 17 heavy (non-hydrogen) atoms. The van der Waals surface area contributed by atoms with Gasteiger partial charge in [0.05, 0.1) is 11.7 Å². The number of rotatable bonds is 3. The van der Waals surface area contributed by atoms with Gasteiger partial charge in [-0.25, -0.2) is 24.2 Å². The minimum atomic E-state index is -0.674. The Bertz CT molecular complexity index is 504. The maximum atomic E-state index is 13.6. The van der Waals surface area contributed by atoms with Crippen LogP contribution >= 0.6 is 0 Å². The normalized spacial score (nSPS) is 12.4. The van der Waals surface area contributed by atoms with Gasteiger partial charge in [0, 0.05) is 17.8 Å². The monoisotopic (exact) mass is 236 g/mol. The van der Waals surface area contributed by atoms with Gasteiger partial charge in [0.1, 0.15) is 18.0 Å². The number of halogens is 2. The fraction of sp³-hybridized carbons (Fsp3) is 0.0909. The number of benzene rings is 1. The van der Waals surface area contributed by atoms with Crippen molar-refractivity contribution in [3.8, 4) is 0 Å². The lowest BCUT2D eigenvalue weighted by atomic mass is 10.0. The number of hydrogen-bond acceptors (Lipinski definition) is 4. The minimum Gasteiger partial charge on any atom is -0.271 e. The third-order valence-corrected chi connectivity index (χ3v) is 2.34. The zero-order valence-corrected chi connectivity index (χ0v) is 8.77. The Morgan fingerprint density at radius 3 is 2.65 bits per heavy atom. The van der Waals surface area contributed by atoms with E-state index >= 15 is 0 Å². The Labute approximate surface area is 96.5 Å². The predicted molar refractivity (Wildman–Crippen MR) is 57.6 cm³/mol. The van der Waals surface area contributed by atoms with Crippen molar-refractivity contribution in [2.75, 3.05) is 0 Å². The van der Waals surface area contributed by atoms with E-state index in [-0.39, 0.29) is 5.56 Å². The second-order valence-electron chi connectivity index (χ2n) is 3.40. The highest BCUT2D eigenvalue weighted by Gasteiger charge is 2.17. The van der Waals surface area contributed by atoms with E-state index in [0.29, 0.717) is 5.69 Å². The molecule has 1 aromatic heterocycles. The molecule has 4 nitrogen and oxygen atoms in total. The van der Waals surface area contributed by atoms with Crippen LogP contribution in [0.1, 0.15) is 17.3 Å². The molecule has 0 aliphatic carbocycles. The molecule has 0 amide bonds. The predicted octanol–water partition coefficient (Wildman–Crippen LogP) is 1.31. The van der Waals surface area contributed by atoms with Crippen molar-refractivity contribution in [1.82, 2.24) is 15.4 Å². The Balaban J connectivity index is 2.42. The molecule has 0 saturated carbocycles. The summed E-state index contributed by atoms with van der Waals surface area (Å²) in [6.07, 6.45) is 2.86. The third kappa shape index (κ3) is 2.43. The quantitative estimate of drug-likeness (QED) is 0.623. The molecule has 0 saturated heterocycles. The molecule has 1 heterocycles. The summed E-state index contributed by atoms with van der Waals surface area (Å²) >= 11 is 0. The molecule has 2 rings (SSSR count). The number of nitrogens with zero attached hydrogens (tertiary/aromatic N) is 2. The van der Waals surface area contributed by atoms with Gasteiger partial charge in [0.2, 0.25) is 0 Å². The van der Waals surface area contributed by atoms with E-state index in [9.17, 15) is 8.78 Å². The molecule has 0 radical (unpaired) electrons. The lowest BCUT2D eigenvalue weighted by Gasteiger charge is -2.16. The van der Waals surface area contributed by atoms with Gasteiger partial charge in [-0.05, 0) is 12.1 Å². The summed E-state index contributed by atoms with van der Waals surface area (Å²) in [7, 11) is 0. The summed E-state index contributed by atoms with van der Waals surface area (Å²) in [5.41, 5.74) is 3.18. The first-order valence-corrected chi connectivity index (χ1v) is 4.89. The largest absolute Gasteiger partial charge is 0.271 e. The van der Waals surface area contributed by atoms with Crippen molar-refractivity contribution in [2.24, 2.45) is 5.84 Å². The van der Waals surface area contributed by atoms with E-state index in [1.165, 1.54) is 24.7 Å². The SMILES string of the molecule is NNC(c1ccncn1)c1ccc(F)cc1F. The number of hydrogen-bond donors (Lipinski definition) is 2. The van der Waals surface area contributed by atoms with Crippen molar-refractivity contribution in [2.45, 2.75) is 6.04 Å². The van der Waals surface area contributed by atoms with Gasteiger partial charge >= 0.3 is 0 Å². The molecule has 1 unspecified atom stereocenters. The van der Waals surface area contributed by atoms with E-state index in [2.05, 4.69) is 15.4 Å². The fourth-order valence-corrected chi connectivity index (χ4v) is 1.54. The van der Waals surface area contributed by atoms with E-state index in [1.807, 2.05) is 0 Å². The first-order valence-electron chi connectivity index (χ1n) is 4.89. The summed E-state index contributed by atoms with van der Waals surface area (Å²) in [5.74, 6) is 4.06. The lowest BCUT2D eigenvalue weighted by Crippen LogP contribution is -2.30. The average Bonchev–Trinajstić information content (AvgIpc) is 2.34. The Hall–Kier alpha value is -1.92. The van der Waals surface area contributed by atoms with Crippen LogP contribution in [0.3, 0.4) is 0 Å². The Morgan fingerprint density at radius 1 is 1.24 bits per heavy atom. The van der Waals surface area contributed by atoms with E-state index < -0.39 is 17.7 Å². The van der Waals surface area contributed by atoms with Crippen LogP contribution < -0.4 is 11.3 Å². The van der Waals surface area contributed by atoms with Crippen LogP contribution in [-0.2, 0) is 0 Å². The summed E-state index contributed by atoms with van der Waals surface area (Å²) in [6, 6.07) is 4.27. The topological polar surface area (TPSA) is 63.8 Å². The minimum absolute atomic E-state index is 0.229. The number of aromatic nitrogens is 2. The van der Waals surface area contributed by atoms with Gasteiger partial charge in [-0.15, -0.1) is 0 Å². The van der Waals surface area contributed by atoms with Crippen LogP contribution in [0, 0.1) is 11.6 Å². The molecule has 6 heteroatoms. The second kappa shape index (κ2) is 4.94. The highest BCUT2D eigenvalue weighted by molar-refractivity contribution is 5.28. The lowest BCUT2D eigenvalue weighted by molar-refractivity contribution is 0.536. The van der Waals surface area contributed by atoms with Gasteiger partial charge in [-0.3, -0.25) is 5.84 Å². The number of hydrazine groups is 1. The molecular formula is C11H10F2N4. The van der Waals surface area contributed by atoms with Crippen LogP contribution in [0.25, 0.3) is 0 Å². The van der Waals surface area contributed by atoms with E-state index in [1.54, 1.807) is 6.07 Å². The molecule has 0 aliphatic rings. The molecular weight excluding hydrogens is 226 g/mol. The molecule has 0 bridgehead atoms. The molecule has 1 aromatic carbocycles. The van der Waals surface area contributed by atoms with Crippen molar-refractivity contribution in [3.63, 3.8) is 0 Å². The summed E-state index contributed by atoms with van der Waals surface area (Å²) < 4.78 is 26.4. The smallest absolute Gasteiger partial charge is 0.131 e. The van der Waals surface area contributed by atoms with Crippen molar-refractivity contribution < 1.29 is 8.78 Å². The highest BCUT2D eigenvalue weighted by Crippen LogP contribution is 2.22. The Morgan fingerprint density at radius 2 is 2.06 bits per heavy atom. The van der Waals surface area contributed by atoms with Gasteiger partial charge < -0.3 is 0 Å². The van der Waals surface area contributed by atoms with Crippen LogP contribution in [-0.4, -0.2) is 9.97 Å². The Kier molecular flexibility index (Phi) is 3.36. The molecule has 1 atom stereocenters. The zero-order chi connectivity index (χ0) is 12.3. The van der Waals surface area contributed by atoms with Gasteiger partial charge in [-0.2, -0.15) is 0 Å². The van der Waals surface area contributed by atoms with Gasteiger partial charge in [-0.1, -0.05) is 6.07 Å². The maximum Gasteiger partial charge on any atom is 0.131 e. The highest BCUT2D eigenvalue weighted by atomic mass is 19.1. The first kappa shape index (κ1) is 11.6. The van der Waals surface area contributed by atoms with E-state index in [4.69, 9.17) is 5.84 Å². The van der Waals surface area contributed by atoms with Crippen molar-refractivity contribution in [1.29, 1.82) is 0 Å². The summed E-state index contributed by atoms with van der Waals surface area (Å²) in [6.45, 7) is 0. The molecule has 0 aliphatic heterocycles. The van der Waals surface area contributed by atoms with Crippen molar-refractivity contribution >= 4 is 0 Å². The third-order valence-electron chi connectivity index (χ3n) is 2.34. The summed E-state index contributed by atoms with van der Waals surface area (Å²) in [4.78, 5) is 7.73. The fourth-order valence-electron chi connectivity index (χ4n) is 1.54. The maximum absolute atomic E-state index is 13.6. The van der Waals surface area contributed by atoms with Gasteiger partial charge in [0.25, 0.3) is 0 Å². The zero-order valence-electron chi connectivity index (χ0n) is 8.77. The van der Waals surface area contributed by atoms with Crippen LogP contribution in [0.4, 0.5) is 8.78 Å². The second-order valence-corrected chi connectivity index (χ2v) is 3.40. The molecule has 2 aromatic rings. The standard InChI is InChI=1S/C11H10F2N4/c12-7-1-2-8(9(13)5-7)11(17-14)10-3-4-15-6-16-10/h1-6,11,17H,14H2. The first-order chi connectivity index (χ1) is 8.22. The number of nitrogens with one attached hydrogen (secondary N) is 1. The molecule has 0 fully saturated rings. The van der Waals surface area contributed by atoms with Crippen LogP contribution in [0.2, 0.25) is 0 Å². The molecule has 88 valence electrons. The van der Waals surface area contributed by atoms with Crippen LogP contribution in [0.15, 0.2) is 36.8 Å². The van der Waals surface area contributed by atoms with Crippen LogP contribution in [0.5, 0.6) is 0 Å².